The molecule has 0 radical (unpaired) electrons. The van der Waals surface area contributed by atoms with E-state index < -0.39 is 9.90 Å². The van der Waals surface area contributed by atoms with E-state index in [9.17, 15) is 0 Å². The Balaban J connectivity index is 2.95. The van der Waals surface area contributed by atoms with Crippen LogP contribution in [0.5, 0.6) is 0 Å². The summed E-state index contributed by atoms with van der Waals surface area (Å²) in [6, 6.07) is 7.48. The molecule has 0 aliphatic carbocycles. The molecule has 1 nitrogen and oxygen atoms in total. The van der Waals surface area contributed by atoms with Gasteiger partial charge in [-0.2, -0.15) is 0 Å². The van der Waals surface area contributed by atoms with E-state index in [4.69, 9.17) is 22.3 Å². The average molecular weight is 250 g/mol. The quantitative estimate of drug-likeness (QED) is 0.698. The van der Waals surface area contributed by atoms with Gasteiger partial charge in [-0.3, -0.25) is 0 Å². The maximum Gasteiger partial charge on any atom is 0.0609 e. The van der Waals surface area contributed by atoms with Crippen LogP contribution in [0, 0.1) is 0 Å². The van der Waals surface area contributed by atoms with E-state index in [0.717, 1.165) is 9.92 Å². The summed E-state index contributed by atoms with van der Waals surface area (Å²) >= 11 is 5.78. The molecule has 0 amide bonds. The number of benzene rings is 1. The third-order valence-corrected chi connectivity index (χ3v) is 3.72. The van der Waals surface area contributed by atoms with Crippen LogP contribution in [0.1, 0.15) is 20.8 Å². The Bertz CT molecular complexity index is 338. The third-order valence-electron chi connectivity index (χ3n) is 1.36. The summed E-state index contributed by atoms with van der Waals surface area (Å²) < 4.78 is 4.46. The zero-order valence-corrected chi connectivity index (χ0v) is 10.7. The highest BCUT2D eigenvalue weighted by atomic mass is 35.7. The van der Waals surface area contributed by atoms with Crippen molar-refractivity contribution >= 4 is 32.2 Å². The molecule has 78 valence electrons. The minimum absolute atomic E-state index is 0.107. The predicted octanol–water partition coefficient (Wildman–Crippen LogP) is 4.45. The Labute approximate surface area is 97.0 Å². The van der Waals surface area contributed by atoms with Gasteiger partial charge in [0, 0.05) is 19.8 Å². The van der Waals surface area contributed by atoms with E-state index in [-0.39, 0.29) is 5.54 Å². The maximum atomic E-state index is 6.16. The number of nitrogens with zero attached hydrogens (tertiary/aromatic N) is 1. The Morgan fingerprint density at radius 1 is 1.14 bits per heavy atom. The van der Waals surface area contributed by atoms with E-state index >= 15 is 0 Å². The Morgan fingerprint density at radius 3 is 2.07 bits per heavy atom. The molecule has 1 aromatic carbocycles. The molecule has 0 aliphatic heterocycles. The second-order valence-electron chi connectivity index (χ2n) is 3.95. The lowest BCUT2D eigenvalue weighted by molar-refractivity contribution is 0.593. The monoisotopic (exact) mass is 249 g/mol. The van der Waals surface area contributed by atoms with Crippen molar-refractivity contribution in [3.8, 4) is 0 Å². The Kier molecular flexibility index (Phi) is 3.99. The van der Waals surface area contributed by atoms with Crippen molar-refractivity contribution in [3.63, 3.8) is 0 Å². The highest BCUT2D eigenvalue weighted by molar-refractivity contribution is 8.10. The zero-order chi connectivity index (χ0) is 10.8. The number of hydrogen-bond donors (Lipinski definition) is 0. The van der Waals surface area contributed by atoms with E-state index in [1.54, 1.807) is 0 Å². The van der Waals surface area contributed by atoms with E-state index in [0.29, 0.717) is 0 Å². The second kappa shape index (κ2) is 4.65. The van der Waals surface area contributed by atoms with Crippen LogP contribution < -0.4 is 0 Å². The van der Waals surface area contributed by atoms with Crippen LogP contribution in [0.2, 0.25) is 5.02 Å². The molecular weight excluding hydrogens is 237 g/mol. The summed E-state index contributed by atoms with van der Waals surface area (Å²) in [7, 11) is 5.59. The van der Waals surface area contributed by atoms with E-state index in [1.807, 2.05) is 45.0 Å². The van der Waals surface area contributed by atoms with Crippen molar-refractivity contribution in [1.82, 2.24) is 0 Å². The fourth-order valence-electron chi connectivity index (χ4n) is 0.840. The van der Waals surface area contributed by atoms with Gasteiger partial charge in [0.05, 0.1) is 5.54 Å². The molecule has 0 saturated heterocycles. The first-order valence-electron chi connectivity index (χ1n) is 4.27. The van der Waals surface area contributed by atoms with Gasteiger partial charge < -0.3 is 0 Å². The standard InChI is InChI=1S/C10H13Cl2NS/c1-10(2,3)13-14(12)9-6-4-8(11)5-7-9/h4-7H,1-3H3. The summed E-state index contributed by atoms with van der Waals surface area (Å²) in [6.45, 7) is 6.10. The van der Waals surface area contributed by atoms with Gasteiger partial charge in [0.2, 0.25) is 0 Å². The lowest BCUT2D eigenvalue weighted by Gasteiger charge is -2.12. The predicted molar refractivity (Wildman–Crippen MR) is 65.1 cm³/mol. The summed E-state index contributed by atoms with van der Waals surface area (Å²) in [5, 5.41) is 0.721. The van der Waals surface area contributed by atoms with Gasteiger partial charge in [-0.15, -0.1) is 0 Å². The third kappa shape index (κ3) is 3.99. The highest BCUT2D eigenvalue weighted by Crippen LogP contribution is 2.20. The van der Waals surface area contributed by atoms with Crippen LogP contribution in [0.3, 0.4) is 0 Å². The fraction of sp³-hybridized carbons (Fsp3) is 0.400. The number of rotatable bonds is 1. The molecule has 0 N–H and O–H groups in total. The van der Waals surface area contributed by atoms with Crippen LogP contribution in [-0.4, -0.2) is 5.54 Å². The molecule has 0 aliphatic rings. The van der Waals surface area contributed by atoms with Crippen molar-refractivity contribution in [1.29, 1.82) is 0 Å². The molecule has 1 rings (SSSR count). The van der Waals surface area contributed by atoms with Crippen molar-refractivity contribution < 1.29 is 0 Å². The Hall–Kier alpha value is -0.0500. The molecule has 1 unspecified atom stereocenters. The SMILES string of the molecule is CC(C)(C)N=S(Cl)c1ccc(Cl)cc1. The van der Waals surface area contributed by atoms with Gasteiger partial charge in [0.25, 0.3) is 0 Å². The zero-order valence-electron chi connectivity index (χ0n) is 8.42. The Morgan fingerprint density at radius 2 is 1.64 bits per heavy atom. The van der Waals surface area contributed by atoms with Crippen molar-refractivity contribution in [2.45, 2.75) is 31.2 Å². The number of halogens is 2. The summed E-state index contributed by atoms with van der Waals surface area (Å²) in [5.41, 5.74) is -0.107. The van der Waals surface area contributed by atoms with Gasteiger partial charge in [0.15, 0.2) is 0 Å². The molecule has 4 heteroatoms. The summed E-state index contributed by atoms with van der Waals surface area (Å²) in [6.07, 6.45) is 0. The highest BCUT2D eigenvalue weighted by Gasteiger charge is 2.09. The van der Waals surface area contributed by atoms with Gasteiger partial charge in [0.1, 0.15) is 0 Å². The first-order chi connectivity index (χ1) is 6.38. The van der Waals surface area contributed by atoms with E-state index in [2.05, 4.69) is 4.36 Å². The summed E-state index contributed by atoms with van der Waals surface area (Å²) in [5.74, 6) is 0. The normalized spacial score (nSPS) is 14.4. The molecule has 0 heterocycles. The van der Waals surface area contributed by atoms with Gasteiger partial charge in [-0.1, -0.05) is 11.6 Å². The van der Waals surface area contributed by atoms with Crippen LogP contribution in [0.15, 0.2) is 33.5 Å². The average Bonchev–Trinajstić information content (AvgIpc) is 2.02. The van der Waals surface area contributed by atoms with Crippen molar-refractivity contribution in [3.05, 3.63) is 29.3 Å². The molecule has 14 heavy (non-hydrogen) atoms. The lowest BCUT2D eigenvalue weighted by Crippen LogP contribution is -2.09. The first-order valence-corrected chi connectivity index (χ1v) is 6.66. The van der Waals surface area contributed by atoms with Crippen LogP contribution >= 0.6 is 22.3 Å². The molecular formula is C10H13Cl2NS. The minimum atomic E-state index is -0.573. The van der Waals surface area contributed by atoms with Crippen molar-refractivity contribution in [2.24, 2.45) is 4.36 Å². The minimum Gasteiger partial charge on any atom is -0.239 e. The second-order valence-corrected chi connectivity index (χ2v) is 6.40. The topological polar surface area (TPSA) is 12.4 Å². The van der Waals surface area contributed by atoms with Crippen LogP contribution in [0.25, 0.3) is 0 Å². The first kappa shape index (κ1) is 12.0. The number of hydrogen-bond acceptors (Lipinski definition) is 1. The van der Waals surface area contributed by atoms with Gasteiger partial charge in [-0.25, -0.2) is 4.36 Å². The molecule has 0 saturated carbocycles. The van der Waals surface area contributed by atoms with Gasteiger partial charge in [-0.05, 0) is 55.7 Å². The largest absolute Gasteiger partial charge is 0.239 e. The van der Waals surface area contributed by atoms with Gasteiger partial charge >= 0.3 is 0 Å². The van der Waals surface area contributed by atoms with Crippen LogP contribution in [0.4, 0.5) is 0 Å². The van der Waals surface area contributed by atoms with Crippen LogP contribution in [-0.2, 0) is 9.90 Å². The fourth-order valence-corrected chi connectivity index (χ4v) is 2.84. The summed E-state index contributed by atoms with van der Waals surface area (Å²) in [4.78, 5) is 1.01. The molecule has 0 bridgehead atoms. The molecule has 0 spiro atoms. The van der Waals surface area contributed by atoms with E-state index in [1.165, 1.54) is 0 Å². The maximum absolute atomic E-state index is 6.16. The smallest absolute Gasteiger partial charge is 0.0609 e. The molecule has 0 aromatic heterocycles. The van der Waals surface area contributed by atoms with Crippen molar-refractivity contribution in [2.75, 3.05) is 0 Å². The molecule has 1 atom stereocenters. The lowest BCUT2D eigenvalue weighted by atomic mass is 10.1. The molecule has 0 fully saturated rings. The molecule has 1 aromatic rings.